The summed E-state index contributed by atoms with van der Waals surface area (Å²) in [6.45, 7) is 7.78. The average molecular weight is 336 g/mol. The second kappa shape index (κ2) is 8.14. The summed E-state index contributed by atoms with van der Waals surface area (Å²) < 4.78 is 19.5. The van der Waals surface area contributed by atoms with E-state index in [0.29, 0.717) is 17.4 Å². The van der Waals surface area contributed by atoms with Crippen molar-refractivity contribution in [1.29, 1.82) is 0 Å². The highest BCUT2D eigenvalue weighted by molar-refractivity contribution is 5.54. The Morgan fingerprint density at radius 3 is 2.58 bits per heavy atom. The Labute approximate surface area is 144 Å². The molecule has 134 valence electrons. The van der Waals surface area contributed by atoms with Gasteiger partial charge in [0, 0.05) is 51.0 Å². The molecule has 6 heteroatoms. The van der Waals surface area contributed by atoms with E-state index in [2.05, 4.69) is 21.7 Å². The maximum Gasteiger partial charge on any atom is 0.148 e. The molecule has 2 saturated heterocycles. The van der Waals surface area contributed by atoms with Gasteiger partial charge in [-0.25, -0.2) is 4.39 Å². The molecule has 2 aliphatic rings. The van der Waals surface area contributed by atoms with Crippen LogP contribution in [0.4, 0.5) is 15.8 Å². The lowest BCUT2D eigenvalue weighted by Gasteiger charge is -2.39. The highest BCUT2D eigenvalue weighted by atomic mass is 19.1. The molecule has 3 rings (SSSR count). The van der Waals surface area contributed by atoms with E-state index in [4.69, 9.17) is 10.5 Å². The molecular formula is C18H29FN4O. The van der Waals surface area contributed by atoms with Gasteiger partial charge < -0.3 is 20.3 Å². The molecule has 2 fully saturated rings. The number of hydrogen-bond donors (Lipinski definition) is 1. The SMILES string of the molecule is CN(CCN1CCOCC1)C1CCN(c2ccc(N)cc2F)CC1. The first-order chi connectivity index (χ1) is 11.6. The molecule has 0 spiro atoms. The van der Waals surface area contributed by atoms with Gasteiger partial charge in [0.2, 0.25) is 0 Å². The van der Waals surface area contributed by atoms with Crippen LogP contribution in [-0.2, 0) is 4.74 Å². The lowest BCUT2D eigenvalue weighted by Crippen LogP contribution is -2.47. The number of nitrogens with zero attached hydrogens (tertiary/aromatic N) is 3. The van der Waals surface area contributed by atoms with Crippen LogP contribution >= 0.6 is 0 Å². The smallest absolute Gasteiger partial charge is 0.148 e. The Hall–Kier alpha value is -1.37. The molecule has 2 aliphatic heterocycles. The number of anilines is 2. The predicted octanol–water partition coefficient (Wildman–Crippen LogP) is 1.64. The third kappa shape index (κ3) is 4.37. The van der Waals surface area contributed by atoms with Crippen LogP contribution in [-0.4, -0.2) is 75.4 Å². The van der Waals surface area contributed by atoms with Crippen LogP contribution in [0.15, 0.2) is 18.2 Å². The Balaban J connectivity index is 1.45. The van der Waals surface area contributed by atoms with Crippen LogP contribution in [0.5, 0.6) is 0 Å². The van der Waals surface area contributed by atoms with Gasteiger partial charge in [0.05, 0.1) is 18.9 Å². The minimum atomic E-state index is -0.214. The first kappa shape index (κ1) is 17.5. The maximum absolute atomic E-state index is 14.1. The third-order valence-corrected chi connectivity index (χ3v) is 5.27. The van der Waals surface area contributed by atoms with Gasteiger partial charge in [0.15, 0.2) is 0 Å². The summed E-state index contributed by atoms with van der Waals surface area (Å²) in [6, 6.07) is 5.57. The highest BCUT2D eigenvalue weighted by Gasteiger charge is 2.24. The fourth-order valence-electron chi connectivity index (χ4n) is 3.63. The molecular weight excluding hydrogens is 307 g/mol. The van der Waals surface area contributed by atoms with E-state index in [1.807, 2.05) is 0 Å². The molecule has 1 aromatic carbocycles. The van der Waals surface area contributed by atoms with Gasteiger partial charge in [-0.3, -0.25) is 4.90 Å². The zero-order valence-corrected chi connectivity index (χ0v) is 14.6. The summed E-state index contributed by atoms with van der Waals surface area (Å²) in [6.07, 6.45) is 2.15. The summed E-state index contributed by atoms with van der Waals surface area (Å²) in [5.41, 5.74) is 6.80. The minimum absolute atomic E-state index is 0.214. The summed E-state index contributed by atoms with van der Waals surface area (Å²) in [5, 5.41) is 0. The van der Waals surface area contributed by atoms with Gasteiger partial charge >= 0.3 is 0 Å². The van der Waals surface area contributed by atoms with Crippen molar-refractivity contribution in [2.45, 2.75) is 18.9 Å². The van der Waals surface area contributed by atoms with E-state index in [0.717, 1.165) is 65.3 Å². The largest absolute Gasteiger partial charge is 0.399 e. The van der Waals surface area contributed by atoms with Crippen LogP contribution < -0.4 is 10.6 Å². The predicted molar refractivity (Wildman–Crippen MR) is 95.9 cm³/mol. The molecule has 2 heterocycles. The lowest BCUT2D eigenvalue weighted by atomic mass is 10.0. The zero-order valence-electron chi connectivity index (χ0n) is 14.6. The summed E-state index contributed by atoms with van der Waals surface area (Å²) in [7, 11) is 2.21. The van der Waals surface area contributed by atoms with E-state index in [9.17, 15) is 4.39 Å². The molecule has 0 bridgehead atoms. The van der Waals surface area contributed by atoms with Crippen LogP contribution in [0.2, 0.25) is 0 Å². The van der Waals surface area contributed by atoms with E-state index < -0.39 is 0 Å². The number of nitrogen functional groups attached to an aromatic ring is 1. The Morgan fingerprint density at radius 1 is 1.21 bits per heavy atom. The van der Waals surface area contributed by atoms with E-state index in [1.54, 1.807) is 12.1 Å². The quantitative estimate of drug-likeness (QED) is 0.828. The number of rotatable bonds is 5. The molecule has 5 nitrogen and oxygen atoms in total. The van der Waals surface area contributed by atoms with Gasteiger partial charge in [-0.1, -0.05) is 0 Å². The van der Waals surface area contributed by atoms with Crippen molar-refractivity contribution >= 4 is 11.4 Å². The molecule has 1 aromatic rings. The normalized spacial score (nSPS) is 20.7. The van der Waals surface area contributed by atoms with Gasteiger partial charge in [0.1, 0.15) is 5.82 Å². The van der Waals surface area contributed by atoms with Gasteiger partial charge in [-0.05, 0) is 38.1 Å². The van der Waals surface area contributed by atoms with Gasteiger partial charge in [0.25, 0.3) is 0 Å². The van der Waals surface area contributed by atoms with E-state index >= 15 is 0 Å². The van der Waals surface area contributed by atoms with E-state index in [1.165, 1.54) is 6.07 Å². The van der Waals surface area contributed by atoms with Crippen molar-refractivity contribution < 1.29 is 9.13 Å². The summed E-state index contributed by atoms with van der Waals surface area (Å²) in [4.78, 5) is 7.08. The zero-order chi connectivity index (χ0) is 16.9. The number of piperidine rings is 1. The Morgan fingerprint density at radius 2 is 1.92 bits per heavy atom. The molecule has 0 unspecified atom stereocenters. The second-order valence-electron chi connectivity index (χ2n) is 6.86. The van der Waals surface area contributed by atoms with Gasteiger partial charge in [-0.15, -0.1) is 0 Å². The fraction of sp³-hybridized carbons (Fsp3) is 0.667. The Kier molecular flexibility index (Phi) is 5.92. The average Bonchev–Trinajstić information content (AvgIpc) is 2.61. The van der Waals surface area contributed by atoms with Crippen LogP contribution in [0.3, 0.4) is 0 Å². The van der Waals surface area contributed by atoms with Gasteiger partial charge in [-0.2, -0.15) is 0 Å². The lowest BCUT2D eigenvalue weighted by molar-refractivity contribution is 0.0319. The second-order valence-corrected chi connectivity index (χ2v) is 6.86. The van der Waals surface area contributed by atoms with Crippen molar-refractivity contribution in [3.63, 3.8) is 0 Å². The molecule has 0 aromatic heterocycles. The summed E-state index contributed by atoms with van der Waals surface area (Å²) in [5.74, 6) is -0.214. The number of hydrogen-bond acceptors (Lipinski definition) is 5. The van der Waals surface area contributed by atoms with E-state index in [-0.39, 0.29) is 5.82 Å². The minimum Gasteiger partial charge on any atom is -0.399 e. The van der Waals surface area contributed by atoms with Crippen molar-refractivity contribution in [3.8, 4) is 0 Å². The van der Waals surface area contributed by atoms with Crippen LogP contribution in [0.25, 0.3) is 0 Å². The highest BCUT2D eigenvalue weighted by Crippen LogP contribution is 2.26. The number of nitrogens with two attached hydrogens (primary N) is 1. The molecule has 24 heavy (non-hydrogen) atoms. The topological polar surface area (TPSA) is 45.0 Å². The number of benzene rings is 1. The Bertz CT molecular complexity index is 528. The monoisotopic (exact) mass is 336 g/mol. The van der Waals surface area contributed by atoms with Crippen LogP contribution in [0.1, 0.15) is 12.8 Å². The molecule has 2 N–H and O–H groups in total. The van der Waals surface area contributed by atoms with Crippen molar-refractivity contribution in [3.05, 3.63) is 24.0 Å². The fourth-order valence-corrected chi connectivity index (χ4v) is 3.63. The molecule has 0 atom stereocenters. The molecule has 0 aliphatic carbocycles. The van der Waals surface area contributed by atoms with Crippen LogP contribution in [0, 0.1) is 5.82 Å². The number of ether oxygens (including phenoxy) is 1. The van der Waals surface area contributed by atoms with Crippen molar-refractivity contribution in [2.24, 2.45) is 0 Å². The standard InChI is InChI=1S/C18H29FN4O/c1-21(8-9-22-10-12-24-13-11-22)16-4-6-23(7-5-16)18-3-2-15(20)14-17(18)19/h2-3,14,16H,4-13,20H2,1H3. The summed E-state index contributed by atoms with van der Waals surface area (Å²) >= 11 is 0. The number of morpholine rings is 1. The first-order valence-corrected chi connectivity index (χ1v) is 8.94. The first-order valence-electron chi connectivity index (χ1n) is 8.94. The van der Waals surface area contributed by atoms with Crippen molar-refractivity contribution in [1.82, 2.24) is 9.80 Å². The number of likely N-dealkylation sites (N-methyl/N-ethyl adjacent to an activating group) is 1. The molecule has 0 amide bonds. The van der Waals surface area contributed by atoms with Crippen molar-refractivity contribution in [2.75, 3.05) is 70.2 Å². The molecule has 0 saturated carbocycles. The molecule has 0 radical (unpaired) electrons. The maximum atomic E-state index is 14.1. The third-order valence-electron chi connectivity index (χ3n) is 5.27. The number of halogens is 1.